The van der Waals surface area contributed by atoms with Crippen LogP contribution in [-0.2, 0) is 25.9 Å². The van der Waals surface area contributed by atoms with Crippen molar-refractivity contribution in [3.05, 3.63) is 66.0 Å². The molecule has 3 atom stereocenters. The number of benzene rings is 2. The second kappa shape index (κ2) is 16.2. The highest BCUT2D eigenvalue weighted by Gasteiger charge is 2.74. The second-order valence-electron chi connectivity index (χ2n) is 12.6. The normalized spacial score (nSPS) is 20.8. The summed E-state index contributed by atoms with van der Waals surface area (Å²) in [6, 6.07) is 10.9. The van der Waals surface area contributed by atoms with Crippen LogP contribution in [0.1, 0.15) is 57.9 Å². The maximum absolute atomic E-state index is 13.6. The van der Waals surface area contributed by atoms with Crippen LogP contribution in [-0.4, -0.2) is 93.8 Å². The van der Waals surface area contributed by atoms with Crippen molar-refractivity contribution in [2.75, 3.05) is 39.3 Å². The summed E-state index contributed by atoms with van der Waals surface area (Å²) < 4.78 is 112. The van der Waals surface area contributed by atoms with Gasteiger partial charge in [0, 0.05) is 56.7 Å². The van der Waals surface area contributed by atoms with E-state index in [0.717, 1.165) is 43.5 Å². The summed E-state index contributed by atoms with van der Waals surface area (Å²) in [5.41, 5.74) is -5.24. The summed E-state index contributed by atoms with van der Waals surface area (Å²) >= 11 is 0. The maximum atomic E-state index is 13.6. The molecule has 5 rings (SSSR count). The van der Waals surface area contributed by atoms with Crippen LogP contribution in [0.3, 0.4) is 0 Å². The Morgan fingerprint density at radius 2 is 1.33 bits per heavy atom. The molecule has 0 N–H and O–H groups in total. The molecule has 0 spiro atoms. The molecule has 2 aliphatic heterocycles. The summed E-state index contributed by atoms with van der Waals surface area (Å²) in [7, 11) is -1.25. The predicted molar refractivity (Wildman–Crippen MR) is 169 cm³/mol. The first-order valence-corrected chi connectivity index (χ1v) is 17.6. The summed E-state index contributed by atoms with van der Waals surface area (Å²) in [5.74, 6) is -0.622. The lowest BCUT2D eigenvalue weighted by molar-refractivity contribution is -0.400. The highest BCUT2D eigenvalue weighted by Crippen LogP contribution is 2.54. The number of hydrogen-bond donors (Lipinski definition) is 0. The summed E-state index contributed by atoms with van der Waals surface area (Å²) in [5, 5.41) is -0.132. The summed E-state index contributed by atoms with van der Waals surface area (Å²) in [4.78, 5) is 29.8. The van der Waals surface area contributed by atoms with E-state index in [0.29, 0.717) is 63.4 Å². The standard InChI is InChI=1S/C17H20F6O.C17H22FN3O3S/c1-12(13-8-4-2-5-9-13)24-15(16(18,19)20,17(21,22)23)14-10-6-3-7-11-14;1-13(22)19-8-10-20(11-9-19)17(23)21-7-6-16(12-21)25(24)15-4-2-14(18)3-5-15/h3,6-7,10-13H,2,4-5,8-9H2,1H3;2-5,16H,6-12H2,1H3. The Kier molecular flexibility index (Phi) is 12.8. The van der Waals surface area contributed by atoms with Gasteiger partial charge in [0.25, 0.3) is 5.60 Å². The Balaban J connectivity index is 0.000000221. The third kappa shape index (κ3) is 9.13. The lowest BCUT2D eigenvalue weighted by Crippen LogP contribution is -2.57. The Morgan fingerprint density at radius 1 is 0.776 bits per heavy atom. The predicted octanol–water partition coefficient (Wildman–Crippen LogP) is 7.28. The number of piperazine rings is 1. The van der Waals surface area contributed by atoms with E-state index >= 15 is 0 Å². The van der Waals surface area contributed by atoms with Gasteiger partial charge in [-0.15, -0.1) is 0 Å². The number of urea groups is 1. The van der Waals surface area contributed by atoms with Crippen molar-refractivity contribution in [2.24, 2.45) is 5.92 Å². The lowest BCUT2D eigenvalue weighted by Gasteiger charge is -2.41. The summed E-state index contributed by atoms with van der Waals surface area (Å²) in [6.45, 7) is 6.03. The fourth-order valence-corrected chi connectivity index (χ4v) is 8.02. The van der Waals surface area contributed by atoms with Gasteiger partial charge in [-0.2, -0.15) is 26.3 Å². The monoisotopic (exact) mass is 721 g/mol. The van der Waals surface area contributed by atoms with Gasteiger partial charge in [-0.1, -0.05) is 49.6 Å². The zero-order valence-electron chi connectivity index (χ0n) is 27.4. The van der Waals surface area contributed by atoms with Crippen molar-refractivity contribution in [2.45, 2.75) is 86.6 Å². The smallest absolute Gasteiger partial charge is 0.351 e. The van der Waals surface area contributed by atoms with Gasteiger partial charge in [0.2, 0.25) is 5.91 Å². The zero-order chi connectivity index (χ0) is 36.0. The largest absolute Gasteiger partial charge is 0.430 e. The van der Waals surface area contributed by atoms with Crippen LogP contribution in [0.25, 0.3) is 0 Å². The number of alkyl halides is 6. The Bertz CT molecular complexity index is 1400. The number of halogens is 7. The molecule has 3 amide bonds. The fraction of sp³-hybridized carbons (Fsp3) is 0.588. The van der Waals surface area contributed by atoms with Crippen molar-refractivity contribution in [1.82, 2.24) is 14.7 Å². The highest BCUT2D eigenvalue weighted by molar-refractivity contribution is 7.85. The Labute approximate surface area is 284 Å². The molecule has 2 aromatic rings. The fourth-order valence-electron chi connectivity index (χ4n) is 6.59. The van der Waals surface area contributed by atoms with E-state index in [1.54, 1.807) is 14.7 Å². The number of hydrogen-bond acceptors (Lipinski definition) is 4. The van der Waals surface area contributed by atoms with E-state index < -0.39 is 40.4 Å². The average molecular weight is 722 g/mol. The van der Waals surface area contributed by atoms with Gasteiger partial charge in [0.05, 0.1) is 22.2 Å². The molecule has 7 nitrogen and oxygen atoms in total. The molecule has 15 heteroatoms. The van der Waals surface area contributed by atoms with Crippen LogP contribution in [0.15, 0.2) is 59.5 Å². The van der Waals surface area contributed by atoms with Crippen LogP contribution >= 0.6 is 0 Å². The van der Waals surface area contributed by atoms with Crippen molar-refractivity contribution in [3.63, 3.8) is 0 Å². The third-order valence-electron chi connectivity index (χ3n) is 9.41. The molecule has 1 aliphatic carbocycles. The first kappa shape index (κ1) is 38.6. The number of nitrogens with zero attached hydrogens (tertiary/aromatic N) is 3. The molecule has 272 valence electrons. The number of ether oxygens (including phenoxy) is 1. The van der Waals surface area contributed by atoms with E-state index in [1.165, 1.54) is 44.2 Å². The molecule has 3 aliphatic rings. The van der Waals surface area contributed by atoms with E-state index in [4.69, 9.17) is 4.74 Å². The topological polar surface area (TPSA) is 70.2 Å². The van der Waals surface area contributed by atoms with E-state index in [1.807, 2.05) is 0 Å². The number of likely N-dealkylation sites (tertiary alicyclic amines) is 1. The van der Waals surface area contributed by atoms with Gasteiger partial charge in [-0.3, -0.25) is 9.00 Å². The van der Waals surface area contributed by atoms with E-state index in [2.05, 4.69) is 0 Å². The molecular formula is C34H42F7N3O4S. The molecule has 49 heavy (non-hydrogen) atoms. The van der Waals surface area contributed by atoms with Crippen molar-refractivity contribution in [3.8, 4) is 0 Å². The SMILES string of the molecule is CC(=O)N1CCN(C(=O)N2CCC(S(=O)c3ccc(F)cc3)C2)CC1.CC(OC(c1ccccc1)(C(F)(F)F)C(F)(F)F)C1CCCCC1. The van der Waals surface area contributed by atoms with Gasteiger partial charge in [0.15, 0.2) is 0 Å². The maximum Gasteiger partial charge on any atom is 0.430 e. The van der Waals surface area contributed by atoms with E-state index in [-0.39, 0.29) is 28.9 Å². The number of carbonyl (C=O) groups excluding carboxylic acids is 2. The molecule has 3 unspecified atom stereocenters. The van der Waals surface area contributed by atoms with Crippen LogP contribution in [0.2, 0.25) is 0 Å². The molecule has 0 radical (unpaired) electrons. The van der Waals surface area contributed by atoms with Gasteiger partial charge in [0.1, 0.15) is 5.82 Å². The number of rotatable bonds is 6. The van der Waals surface area contributed by atoms with Crippen LogP contribution in [0.5, 0.6) is 0 Å². The van der Waals surface area contributed by atoms with Gasteiger partial charge < -0.3 is 19.4 Å². The zero-order valence-corrected chi connectivity index (χ0v) is 28.3. The van der Waals surface area contributed by atoms with E-state index in [9.17, 15) is 44.5 Å². The van der Waals surface area contributed by atoms with Crippen molar-refractivity contribution >= 4 is 22.7 Å². The van der Waals surface area contributed by atoms with Gasteiger partial charge in [-0.25, -0.2) is 9.18 Å². The minimum absolute atomic E-state index is 0.0306. The second-order valence-corrected chi connectivity index (χ2v) is 14.4. The number of amides is 3. The minimum Gasteiger partial charge on any atom is -0.351 e. The quantitative estimate of drug-likeness (QED) is 0.294. The molecule has 0 aromatic heterocycles. The molecule has 1 saturated carbocycles. The van der Waals surface area contributed by atoms with Crippen LogP contribution < -0.4 is 0 Å². The first-order valence-electron chi connectivity index (χ1n) is 16.4. The number of carbonyl (C=O) groups is 2. The summed E-state index contributed by atoms with van der Waals surface area (Å²) in [6.07, 6.45) is -7.99. The van der Waals surface area contributed by atoms with Crippen molar-refractivity contribution in [1.29, 1.82) is 0 Å². The Hall–Kier alpha value is -3.20. The highest BCUT2D eigenvalue weighted by atomic mass is 32.2. The van der Waals surface area contributed by atoms with Crippen LogP contribution in [0.4, 0.5) is 35.5 Å². The van der Waals surface area contributed by atoms with Crippen molar-refractivity contribution < 1.29 is 49.3 Å². The molecule has 2 aromatic carbocycles. The minimum atomic E-state index is -5.62. The molecule has 2 saturated heterocycles. The average Bonchev–Trinajstić information content (AvgIpc) is 3.57. The Morgan fingerprint density at radius 3 is 1.86 bits per heavy atom. The molecule has 0 bridgehead atoms. The van der Waals surface area contributed by atoms with Crippen LogP contribution in [0, 0.1) is 11.7 Å². The molecule has 2 heterocycles. The first-order chi connectivity index (χ1) is 23.0. The molecular weight excluding hydrogens is 679 g/mol. The lowest BCUT2D eigenvalue weighted by atomic mass is 9.84. The van der Waals surface area contributed by atoms with Gasteiger partial charge >= 0.3 is 18.4 Å². The molecule has 3 fully saturated rings. The third-order valence-corrected chi connectivity index (χ3v) is 11.1. The van der Waals surface area contributed by atoms with Gasteiger partial charge in [-0.05, 0) is 56.4 Å².